The lowest BCUT2D eigenvalue weighted by Gasteiger charge is -2.12. The number of esters is 2. The van der Waals surface area contributed by atoms with Crippen LogP contribution in [0, 0.1) is 0 Å². The first-order valence-corrected chi connectivity index (χ1v) is 8.32. The highest BCUT2D eigenvalue weighted by molar-refractivity contribution is 6.09. The van der Waals surface area contributed by atoms with Crippen LogP contribution in [0.3, 0.4) is 0 Å². The monoisotopic (exact) mass is 366 g/mol. The molecule has 8 heteroatoms. The van der Waals surface area contributed by atoms with E-state index >= 15 is 0 Å². The van der Waals surface area contributed by atoms with Gasteiger partial charge in [-0.25, -0.2) is 19.2 Å². The van der Waals surface area contributed by atoms with Gasteiger partial charge in [0.25, 0.3) is 0 Å². The smallest absolute Gasteiger partial charge is 0.339 e. The summed E-state index contributed by atoms with van der Waals surface area (Å²) in [6, 6.07) is 1.67. The van der Waals surface area contributed by atoms with Gasteiger partial charge in [0, 0.05) is 0 Å². The van der Waals surface area contributed by atoms with Gasteiger partial charge in [-0.15, -0.1) is 0 Å². The van der Waals surface area contributed by atoms with Crippen molar-refractivity contribution in [2.24, 2.45) is 0 Å². The van der Waals surface area contributed by atoms with Crippen molar-refractivity contribution in [3.05, 3.63) is 34.4 Å². The van der Waals surface area contributed by atoms with Gasteiger partial charge < -0.3 is 19.7 Å². The topological polar surface area (TPSA) is 127 Å². The first kappa shape index (κ1) is 21.1. The predicted molar refractivity (Wildman–Crippen MR) is 90.7 cm³/mol. The zero-order chi connectivity index (χ0) is 19.7. The highest BCUT2D eigenvalue weighted by atomic mass is 16.5. The molecule has 2 N–H and O–H groups in total. The fourth-order valence-electron chi connectivity index (χ4n) is 2.27. The summed E-state index contributed by atoms with van der Waals surface area (Å²) >= 11 is 0. The van der Waals surface area contributed by atoms with E-state index in [2.05, 4.69) is 0 Å². The summed E-state index contributed by atoms with van der Waals surface area (Å²) in [5, 5.41) is 18.5. The molecule has 0 aliphatic carbocycles. The Morgan fingerprint density at radius 3 is 1.73 bits per heavy atom. The van der Waals surface area contributed by atoms with Crippen LogP contribution in [0.2, 0.25) is 0 Å². The highest BCUT2D eigenvalue weighted by Crippen LogP contribution is 2.20. The average Bonchev–Trinajstić information content (AvgIpc) is 2.60. The number of rotatable bonds is 10. The molecule has 8 nitrogen and oxygen atoms in total. The molecule has 0 fully saturated rings. The van der Waals surface area contributed by atoms with E-state index in [1.807, 2.05) is 6.92 Å². The Labute approximate surface area is 150 Å². The van der Waals surface area contributed by atoms with E-state index in [4.69, 9.17) is 9.47 Å². The summed E-state index contributed by atoms with van der Waals surface area (Å²) in [6.07, 6.45) is 3.48. The van der Waals surface area contributed by atoms with Gasteiger partial charge in [-0.2, -0.15) is 0 Å². The van der Waals surface area contributed by atoms with Crippen LogP contribution in [-0.2, 0) is 9.47 Å². The minimum atomic E-state index is -1.50. The maximum Gasteiger partial charge on any atom is 0.339 e. The fraction of sp³-hybridized carbons (Fsp3) is 0.444. The lowest BCUT2D eigenvalue weighted by molar-refractivity contribution is 0.0484. The Balaban J connectivity index is 3.21. The molecule has 0 amide bonds. The number of benzene rings is 1. The van der Waals surface area contributed by atoms with Crippen LogP contribution in [0.25, 0.3) is 0 Å². The largest absolute Gasteiger partial charge is 0.478 e. The number of ether oxygens (including phenoxy) is 2. The normalized spacial score (nSPS) is 10.2. The Hall–Kier alpha value is -2.90. The van der Waals surface area contributed by atoms with Gasteiger partial charge in [0.2, 0.25) is 0 Å². The molecule has 0 aliphatic rings. The molecule has 0 radical (unpaired) electrons. The van der Waals surface area contributed by atoms with Crippen molar-refractivity contribution in [3.63, 3.8) is 0 Å². The van der Waals surface area contributed by atoms with Crippen LogP contribution < -0.4 is 0 Å². The predicted octanol–water partition coefficient (Wildman–Crippen LogP) is 3.00. The minimum Gasteiger partial charge on any atom is -0.478 e. The fourth-order valence-corrected chi connectivity index (χ4v) is 2.27. The molecular formula is C18H22O8. The first-order chi connectivity index (χ1) is 12.3. The summed E-state index contributed by atoms with van der Waals surface area (Å²) in [5.74, 6) is -4.89. The van der Waals surface area contributed by atoms with Gasteiger partial charge >= 0.3 is 23.9 Å². The molecule has 1 aromatic rings. The van der Waals surface area contributed by atoms with Gasteiger partial charge in [-0.3, -0.25) is 0 Å². The lowest BCUT2D eigenvalue weighted by Crippen LogP contribution is -2.18. The van der Waals surface area contributed by atoms with Crippen LogP contribution in [-0.4, -0.2) is 47.3 Å². The van der Waals surface area contributed by atoms with Crippen molar-refractivity contribution < 1.29 is 38.9 Å². The molecule has 0 aliphatic heterocycles. The molecule has 0 spiro atoms. The second kappa shape index (κ2) is 10.2. The third kappa shape index (κ3) is 5.58. The zero-order valence-corrected chi connectivity index (χ0v) is 14.7. The molecule has 0 saturated heterocycles. The number of carbonyl (C=O) groups excluding carboxylic acids is 2. The van der Waals surface area contributed by atoms with Crippen molar-refractivity contribution in [1.82, 2.24) is 0 Å². The van der Waals surface area contributed by atoms with Crippen molar-refractivity contribution in [2.75, 3.05) is 13.2 Å². The number of aromatic carboxylic acids is 2. The molecule has 0 saturated carbocycles. The van der Waals surface area contributed by atoms with Crippen LogP contribution in [0.15, 0.2) is 12.1 Å². The molecule has 0 atom stereocenters. The van der Waals surface area contributed by atoms with Crippen molar-refractivity contribution in [3.8, 4) is 0 Å². The van der Waals surface area contributed by atoms with E-state index in [1.54, 1.807) is 0 Å². The van der Waals surface area contributed by atoms with Crippen LogP contribution in [0.4, 0.5) is 0 Å². The number of carboxylic acids is 2. The third-order valence-electron chi connectivity index (χ3n) is 3.56. The molecule has 0 bridgehead atoms. The number of hydrogen-bond acceptors (Lipinski definition) is 6. The lowest BCUT2D eigenvalue weighted by atomic mass is 9.98. The number of hydrogen-bond donors (Lipinski definition) is 2. The Kier molecular flexibility index (Phi) is 8.27. The maximum atomic E-state index is 12.2. The summed E-state index contributed by atoms with van der Waals surface area (Å²) in [7, 11) is 0. The highest BCUT2D eigenvalue weighted by Gasteiger charge is 2.26. The van der Waals surface area contributed by atoms with Crippen LogP contribution >= 0.6 is 0 Å². The van der Waals surface area contributed by atoms with E-state index in [-0.39, 0.29) is 18.8 Å². The van der Waals surface area contributed by atoms with E-state index in [0.717, 1.165) is 31.4 Å². The van der Waals surface area contributed by atoms with E-state index in [1.165, 1.54) is 6.92 Å². The van der Waals surface area contributed by atoms with Crippen LogP contribution in [0.5, 0.6) is 0 Å². The van der Waals surface area contributed by atoms with Crippen molar-refractivity contribution >= 4 is 23.9 Å². The molecule has 0 aromatic heterocycles. The minimum absolute atomic E-state index is 0.00418. The summed E-state index contributed by atoms with van der Waals surface area (Å²) < 4.78 is 9.84. The average molecular weight is 366 g/mol. The van der Waals surface area contributed by atoms with Crippen molar-refractivity contribution in [1.29, 1.82) is 0 Å². The molecule has 142 valence electrons. The second-order valence-electron chi connectivity index (χ2n) is 5.47. The van der Waals surface area contributed by atoms with E-state index in [9.17, 15) is 29.4 Å². The molecular weight excluding hydrogens is 344 g/mol. The number of carboxylic acid groups (broad SMARTS) is 2. The van der Waals surface area contributed by atoms with Gasteiger partial charge in [0.15, 0.2) is 0 Å². The number of unbranched alkanes of at least 4 members (excludes halogenated alkanes) is 3. The molecule has 0 heterocycles. The van der Waals surface area contributed by atoms with E-state index in [0.29, 0.717) is 6.42 Å². The molecule has 0 unspecified atom stereocenters. The Bertz CT molecular complexity index is 693. The molecule has 1 aromatic carbocycles. The third-order valence-corrected chi connectivity index (χ3v) is 3.56. The second-order valence-corrected chi connectivity index (χ2v) is 5.47. The maximum absolute atomic E-state index is 12.2. The number of carbonyl (C=O) groups is 4. The first-order valence-electron chi connectivity index (χ1n) is 8.32. The molecule has 1 rings (SSSR count). The Morgan fingerprint density at radius 2 is 1.27 bits per heavy atom. The standard InChI is InChI=1S/C18H22O8/c1-3-5-6-7-8-26-18(24)14-10-13(17(23)25-4-2)11(15(19)20)9-12(14)16(21)22/h9-10H,3-8H2,1-2H3,(H,19,20)(H,21,22). The Morgan fingerprint density at radius 1 is 0.769 bits per heavy atom. The van der Waals surface area contributed by atoms with E-state index < -0.39 is 40.6 Å². The van der Waals surface area contributed by atoms with Gasteiger partial charge in [-0.05, 0) is 25.5 Å². The van der Waals surface area contributed by atoms with Gasteiger partial charge in [-0.1, -0.05) is 26.2 Å². The summed E-state index contributed by atoms with van der Waals surface area (Å²) in [5.41, 5.74) is -1.89. The van der Waals surface area contributed by atoms with Gasteiger partial charge in [0.1, 0.15) is 0 Å². The van der Waals surface area contributed by atoms with Gasteiger partial charge in [0.05, 0.1) is 35.5 Å². The quantitative estimate of drug-likeness (QED) is 0.478. The summed E-state index contributed by atoms with van der Waals surface area (Å²) in [4.78, 5) is 47.0. The SMILES string of the molecule is CCCCCCOC(=O)c1cc(C(=O)OCC)c(C(=O)O)cc1C(=O)O. The molecule has 26 heavy (non-hydrogen) atoms. The summed E-state index contributed by atoms with van der Waals surface area (Å²) in [6.45, 7) is 3.67. The van der Waals surface area contributed by atoms with Crippen LogP contribution in [0.1, 0.15) is 81.0 Å². The zero-order valence-electron chi connectivity index (χ0n) is 14.7. The van der Waals surface area contributed by atoms with Crippen molar-refractivity contribution in [2.45, 2.75) is 39.5 Å².